The second-order valence-corrected chi connectivity index (χ2v) is 5.24. The minimum Gasteiger partial charge on any atom is -0.240 e. The minimum absolute atomic E-state index is 0.228. The molecule has 0 N–H and O–H groups in total. The summed E-state index contributed by atoms with van der Waals surface area (Å²) >= 11 is 0. The SMILES string of the molecule is CS(=O)(=O)c1cnn(-c2ccccc2)c1. The summed E-state index contributed by atoms with van der Waals surface area (Å²) in [6, 6.07) is 9.36. The van der Waals surface area contributed by atoms with Crippen LogP contribution in [0.1, 0.15) is 0 Å². The number of hydrogen-bond acceptors (Lipinski definition) is 3. The van der Waals surface area contributed by atoms with Crippen LogP contribution in [0.4, 0.5) is 0 Å². The zero-order valence-electron chi connectivity index (χ0n) is 8.16. The molecule has 78 valence electrons. The van der Waals surface area contributed by atoms with Crippen LogP contribution in [-0.4, -0.2) is 24.5 Å². The van der Waals surface area contributed by atoms with Gasteiger partial charge >= 0.3 is 0 Å². The van der Waals surface area contributed by atoms with Crippen molar-refractivity contribution < 1.29 is 8.42 Å². The maximum atomic E-state index is 11.2. The van der Waals surface area contributed by atoms with Gasteiger partial charge in [0.2, 0.25) is 0 Å². The van der Waals surface area contributed by atoms with E-state index in [1.54, 1.807) is 0 Å². The quantitative estimate of drug-likeness (QED) is 0.769. The summed E-state index contributed by atoms with van der Waals surface area (Å²) in [4.78, 5) is 0.228. The molecule has 0 amide bonds. The van der Waals surface area contributed by atoms with Crippen molar-refractivity contribution in [2.45, 2.75) is 4.90 Å². The molecule has 1 aromatic heterocycles. The van der Waals surface area contributed by atoms with Gasteiger partial charge < -0.3 is 0 Å². The highest BCUT2D eigenvalue weighted by atomic mass is 32.2. The molecule has 15 heavy (non-hydrogen) atoms. The normalized spacial score (nSPS) is 11.5. The molecule has 5 heteroatoms. The lowest BCUT2D eigenvalue weighted by molar-refractivity contribution is 0.602. The van der Waals surface area contributed by atoms with Crippen LogP contribution in [-0.2, 0) is 9.84 Å². The van der Waals surface area contributed by atoms with Gasteiger partial charge in [-0.1, -0.05) is 18.2 Å². The van der Waals surface area contributed by atoms with Crippen LogP contribution in [0.2, 0.25) is 0 Å². The van der Waals surface area contributed by atoms with Crippen LogP contribution >= 0.6 is 0 Å². The van der Waals surface area contributed by atoms with Crippen LogP contribution < -0.4 is 0 Å². The van der Waals surface area contributed by atoms with Gasteiger partial charge in [-0.3, -0.25) is 0 Å². The molecule has 1 aromatic carbocycles. The standard InChI is InChI=1S/C10H10N2O2S/c1-15(13,14)10-7-11-12(8-10)9-5-3-2-4-6-9/h2-8H,1H3. The Hall–Kier alpha value is -1.62. The largest absolute Gasteiger partial charge is 0.240 e. The topological polar surface area (TPSA) is 52.0 Å². The fourth-order valence-electron chi connectivity index (χ4n) is 1.22. The van der Waals surface area contributed by atoms with Crippen LogP contribution in [0.15, 0.2) is 47.6 Å². The molecule has 0 aliphatic carbocycles. The molecular formula is C10H10N2O2S. The van der Waals surface area contributed by atoms with Crippen molar-refractivity contribution in [3.63, 3.8) is 0 Å². The third-order valence-electron chi connectivity index (χ3n) is 2.01. The molecule has 0 spiro atoms. The van der Waals surface area contributed by atoms with Crippen molar-refractivity contribution in [2.24, 2.45) is 0 Å². The van der Waals surface area contributed by atoms with Crippen molar-refractivity contribution >= 4 is 9.84 Å². The number of para-hydroxylation sites is 1. The summed E-state index contributed by atoms with van der Waals surface area (Å²) in [7, 11) is -3.17. The molecule has 4 nitrogen and oxygen atoms in total. The molecule has 0 saturated heterocycles. The van der Waals surface area contributed by atoms with Gasteiger partial charge in [-0.05, 0) is 12.1 Å². The van der Waals surface area contributed by atoms with Crippen molar-refractivity contribution in [1.29, 1.82) is 0 Å². The summed E-state index contributed by atoms with van der Waals surface area (Å²) in [5.74, 6) is 0. The van der Waals surface area contributed by atoms with E-state index in [0.29, 0.717) is 0 Å². The summed E-state index contributed by atoms with van der Waals surface area (Å²) in [6.45, 7) is 0. The third-order valence-corrected chi connectivity index (χ3v) is 3.07. The zero-order valence-corrected chi connectivity index (χ0v) is 8.98. The van der Waals surface area contributed by atoms with Crippen LogP contribution in [0.25, 0.3) is 5.69 Å². The fourth-order valence-corrected chi connectivity index (χ4v) is 1.75. The predicted molar refractivity (Wildman–Crippen MR) is 56.7 cm³/mol. The van der Waals surface area contributed by atoms with Crippen molar-refractivity contribution in [3.05, 3.63) is 42.7 Å². The smallest absolute Gasteiger partial charge is 0.178 e. The van der Waals surface area contributed by atoms with E-state index in [4.69, 9.17) is 0 Å². The van der Waals surface area contributed by atoms with Gasteiger partial charge in [-0.15, -0.1) is 0 Å². The second kappa shape index (κ2) is 3.51. The Morgan fingerprint density at radius 3 is 2.40 bits per heavy atom. The molecule has 0 unspecified atom stereocenters. The number of hydrogen-bond donors (Lipinski definition) is 0. The van der Waals surface area contributed by atoms with E-state index in [1.165, 1.54) is 23.3 Å². The van der Waals surface area contributed by atoms with E-state index >= 15 is 0 Å². The number of nitrogens with zero attached hydrogens (tertiary/aromatic N) is 2. The Morgan fingerprint density at radius 1 is 1.20 bits per heavy atom. The molecule has 0 atom stereocenters. The third kappa shape index (κ3) is 2.07. The lowest BCUT2D eigenvalue weighted by atomic mass is 10.3. The molecule has 2 aromatic rings. The van der Waals surface area contributed by atoms with Crippen molar-refractivity contribution in [3.8, 4) is 5.69 Å². The first-order valence-electron chi connectivity index (χ1n) is 4.37. The van der Waals surface area contributed by atoms with E-state index in [2.05, 4.69) is 5.10 Å². The minimum atomic E-state index is -3.17. The average Bonchev–Trinajstić information content (AvgIpc) is 2.67. The van der Waals surface area contributed by atoms with Gasteiger partial charge in [0, 0.05) is 12.5 Å². The highest BCUT2D eigenvalue weighted by Crippen LogP contribution is 2.11. The fraction of sp³-hybridized carbons (Fsp3) is 0.100. The number of sulfone groups is 1. The molecule has 0 bridgehead atoms. The van der Waals surface area contributed by atoms with Gasteiger partial charge in [-0.25, -0.2) is 13.1 Å². The van der Waals surface area contributed by atoms with E-state index in [-0.39, 0.29) is 4.90 Å². The molecule has 0 aliphatic heterocycles. The van der Waals surface area contributed by atoms with E-state index < -0.39 is 9.84 Å². The predicted octanol–water partition coefficient (Wildman–Crippen LogP) is 1.28. The average molecular weight is 222 g/mol. The van der Waals surface area contributed by atoms with E-state index in [0.717, 1.165) is 5.69 Å². The maximum absolute atomic E-state index is 11.2. The Kier molecular flexibility index (Phi) is 2.32. The van der Waals surface area contributed by atoms with Crippen LogP contribution in [0.5, 0.6) is 0 Å². The van der Waals surface area contributed by atoms with Gasteiger partial charge in [0.1, 0.15) is 4.90 Å². The van der Waals surface area contributed by atoms with Gasteiger partial charge in [0.15, 0.2) is 9.84 Å². The molecule has 0 fully saturated rings. The van der Waals surface area contributed by atoms with Gasteiger partial charge in [0.05, 0.1) is 11.9 Å². The summed E-state index contributed by atoms with van der Waals surface area (Å²) in [6.07, 6.45) is 4.02. The van der Waals surface area contributed by atoms with Gasteiger partial charge in [-0.2, -0.15) is 5.10 Å². The number of rotatable bonds is 2. The molecular weight excluding hydrogens is 212 g/mol. The van der Waals surface area contributed by atoms with E-state index in [9.17, 15) is 8.42 Å². The first-order chi connectivity index (χ1) is 7.07. The lowest BCUT2D eigenvalue weighted by Gasteiger charge is -1.98. The molecule has 0 saturated carbocycles. The highest BCUT2D eigenvalue weighted by Gasteiger charge is 2.10. The highest BCUT2D eigenvalue weighted by molar-refractivity contribution is 7.90. The lowest BCUT2D eigenvalue weighted by Crippen LogP contribution is -1.95. The first kappa shape index (κ1) is 9.92. The van der Waals surface area contributed by atoms with Crippen LogP contribution in [0.3, 0.4) is 0 Å². The maximum Gasteiger partial charge on any atom is 0.178 e. The molecule has 2 rings (SSSR count). The molecule has 0 aliphatic rings. The summed E-state index contributed by atoms with van der Waals surface area (Å²) in [5, 5.41) is 3.99. The Balaban J connectivity index is 2.46. The monoisotopic (exact) mass is 222 g/mol. The molecule has 0 radical (unpaired) electrons. The van der Waals surface area contributed by atoms with E-state index in [1.807, 2.05) is 30.3 Å². The Bertz CT molecular complexity index is 558. The first-order valence-corrected chi connectivity index (χ1v) is 6.27. The Morgan fingerprint density at radius 2 is 1.87 bits per heavy atom. The van der Waals surface area contributed by atoms with Gasteiger partial charge in [0.25, 0.3) is 0 Å². The number of benzene rings is 1. The molecule has 1 heterocycles. The van der Waals surface area contributed by atoms with Crippen molar-refractivity contribution in [2.75, 3.05) is 6.26 Å². The van der Waals surface area contributed by atoms with Crippen LogP contribution in [0, 0.1) is 0 Å². The second-order valence-electron chi connectivity index (χ2n) is 3.23. The van der Waals surface area contributed by atoms with Crippen molar-refractivity contribution in [1.82, 2.24) is 9.78 Å². The zero-order chi connectivity index (χ0) is 10.9. The number of aromatic nitrogens is 2. The summed E-state index contributed by atoms with van der Waals surface area (Å²) in [5.41, 5.74) is 0.840. The summed E-state index contributed by atoms with van der Waals surface area (Å²) < 4.78 is 24.0. The Labute approximate surface area is 88.1 Å².